The Balaban J connectivity index is 1.42. The van der Waals surface area contributed by atoms with E-state index in [1.807, 2.05) is 0 Å². The maximum absolute atomic E-state index is 13.1. The topological polar surface area (TPSA) is 69.7 Å². The van der Waals surface area contributed by atoms with Crippen molar-refractivity contribution in [1.29, 1.82) is 0 Å². The van der Waals surface area contributed by atoms with Crippen molar-refractivity contribution < 1.29 is 27.7 Å². The molecule has 6 nitrogen and oxygen atoms in total. The Morgan fingerprint density at radius 1 is 1.07 bits per heavy atom. The van der Waals surface area contributed by atoms with Crippen LogP contribution >= 0.6 is 0 Å². The number of rotatable bonds is 5. The fourth-order valence-corrected chi connectivity index (χ4v) is 3.13. The number of nitrogens with zero attached hydrogens (tertiary/aromatic N) is 2. The highest BCUT2D eigenvalue weighted by Crippen LogP contribution is 2.21. The zero-order chi connectivity index (χ0) is 19.5. The molecule has 1 N–H and O–H groups in total. The second kappa shape index (κ2) is 7.95. The number of aromatic nitrogens is 2. The molecule has 1 aliphatic rings. The number of hydrogen-bond donors (Lipinski definition) is 1. The molecule has 1 aromatic heterocycles. The zero-order valence-corrected chi connectivity index (χ0v) is 14.9. The molecule has 2 heterocycles. The Morgan fingerprint density at radius 3 is 2.46 bits per heavy atom. The van der Waals surface area contributed by atoms with Crippen molar-refractivity contribution in [2.45, 2.75) is 6.10 Å². The third-order valence-corrected chi connectivity index (χ3v) is 4.65. The monoisotopic (exact) mass is 386 g/mol. The first-order valence-electron chi connectivity index (χ1n) is 8.92. The van der Waals surface area contributed by atoms with Gasteiger partial charge >= 0.3 is 0 Å². The van der Waals surface area contributed by atoms with Crippen LogP contribution in [0.4, 0.5) is 8.78 Å². The summed E-state index contributed by atoms with van der Waals surface area (Å²) in [5, 5.41) is 3.93. The van der Waals surface area contributed by atoms with Gasteiger partial charge in [-0.15, -0.1) is 0 Å². The molecule has 3 aromatic rings. The van der Waals surface area contributed by atoms with E-state index in [2.05, 4.69) is 10.1 Å². The SMILES string of the molecule is O=C(C[NH+]1CCOC(c2nc(-c3ccc(F)cc3)no2)C1)c1ccc(F)cc1. The van der Waals surface area contributed by atoms with Crippen LogP contribution in [0.1, 0.15) is 22.4 Å². The summed E-state index contributed by atoms with van der Waals surface area (Å²) in [7, 11) is 0. The Morgan fingerprint density at radius 2 is 1.75 bits per heavy atom. The van der Waals surface area contributed by atoms with E-state index in [1.165, 1.54) is 36.4 Å². The molecule has 8 heteroatoms. The third-order valence-electron chi connectivity index (χ3n) is 4.65. The van der Waals surface area contributed by atoms with Crippen molar-refractivity contribution in [3.63, 3.8) is 0 Å². The van der Waals surface area contributed by atoms with Crippen molar-refractivity contribution in [1.82, 2.24) is 10.1 Å². The van der Waals surface area contributed by atoms with Gasteiger partial charge in [0.2, 0.25) is 11.6 Å². The summed E-state index contributed by atoms with van der Waals surface area (Å²) in [6.07, 6.45) is -0.425. The molecule has 0 saturated carbocycles. The lowest BCUT2D eigenvalue weighted by Gasteiger charge is -2.27. The van der Waals surface area contributed by atoms with Crippen LogP contribution in [0, 0.1) is 11.6 Å². The van der Waals surface area contributed by atoms with E-state index < -0.39 is 6.10 Å². The summed E-state index contributed by atoms with van der Waals surface area (Å²) >= 11 is 0. The van der Waals surface area contributed by atoms with E-state index in [0.717, 1.165) is 4.90 Å². The Kier molecular flexibility index (Phi) is 5.23. The van der Waals surface area contributed by atoms with Crippen LogP contribution in [0.25, 0.3) is 11.4 Å². The number of halogens is 2. The van der Waals surface area contributed by atoms with Gasteiger partial charge in [-0.3, -0.25) is 4.79 Å². The van der Waals surface area contributed by atoms with Crippen LogP contribution in [0.15, 0.2) is 53.1 Å². The molecular formula is C20H18F2N3O3+. The van der Waals surface area contributed by atoms with E-state index in [0.29, 0.717) is 42.5 Å². The van der Waals surface area contributed by atoms with E-state index in [1.54, 1.807) is 12.1 Å². The Bertz CT molecular complexity index is 958. The lowest BCUT2D eigenvalue weighted by atomic mass is 10.1. The van der Waals surface area contributed by atoms with E-state index in [9.17, 15) is 13.6 Å². The molecule has 28 heavy (non-hydrogen) atoms. The maximum Gasteiger partial charge on any atom is 0.261 e. The largest absolute Gasteiger partial charge is 0.357 e. The average Bonchev–Trinajstić information content (AvgIpc) is 3.19. The quantitative estimate of drug-likeness (QED) is 0.678. The highest BCUT2D eigenvalue weighted by Gasteiger charge is 2.31. The molecule has 0 spiro atoms. The minimum absolute atomic E-state index is 0.0619. The second-order valence-corrected chi connectivity index (χ2v) is 6.63. The number of morpholine rings is 1. The summed E-state index contributed by atoms with van der Waals surface area (Å²) < 4.78 is 37.1. The standard InChI is InChI=1S/C20H17F2N3O3/c21-15-5-1-13(2-6-15)17(26)11-25-9-10-27-18(12-25)20-23-19(24-28-20)14-3-7-16(22)8-4-14/h1-8,18H,9-12H2/p+1. The Labute approximate surface area is 159 Å². The predicted molar refractivity (Wildman–Crippen MR) is 94.7 cm³/mol. The molecule has 0 aliphatic carbocycles. The predicted octanol–water partition coefficient (Wildman–Crippen LogP) is 1.85. The van der Waals surface area contributed by atoms with Gasteiger partial charge < -0.3 is 14.2 Å². The number of ether oxygens (including phenoxy) is 1. The van der Waals surface area contributed by atoms with Crippen molar-refractivity contribution in [2.75, 3.05) is 26.2 Å². The van der Waals surface area contributed by atoms with Gasteiger partial charge in [-0.05, 0) is 48.5 Å². The third kappa shape index (κ3) is 4.13. The van der Waals surface area contributed by atoms with Crippen LogP contribution in [-0.4, -0.2) is 42.2 Å². The number of Topliss-reactive ketones (excluding diaryl/α,β-unsaturated/α-hetero) is 1. The smallest absolute Gasteiger partial charge is 0.261 e. The van der Waals surface area contributed by atoms with Crippen molar-refractivity contribution >= 4 is 5.78 Å². The van der Waals surface area contributed by atoms with Crippen LogP contribution < -0.4 is 4.90 Å². The molecule has 0 bridgehead atoms. The van der Waals surface area contributed by atoms with E-state index in [-0.39, 0.29) is 24.0 Å². The fourth-order valence-electron chi connectivity index (χ4n) is 3.13. The van der Waals surface area contributed by atoms with Gasteiger partial charge in [0, 0.05) is 11.1 Å². The molecule has 1 fully saturated rings. The average molecular weight is 386 g/mol. The molecule has 1 saturated heterocycles. The lowest BCUT2D eigenvalue weighted by molar-refractivity contribution is -0.904. The molecule has 0 radical (unpaired) electrons. The number of hydrogen-bond acceptors (Lipinski definition) is 5. The number of ketones is 1. The minimum atomic E-state index is -0.425. The number of nitrogens with one attached hydrogen (secondary N) is 1. The Hall–Kier alpha value is -2.97. The summed E-state index contributed by atoms with van der Waals surface area (Å²) in [5.74, 6) is -0.0936. The number of benzene rings is 2. The van der Waals surface area contributed by atoms with Gasteiger partial charge in [0.05, 0.1) is 6.61 Å². The molecule has 4 rings (SSSR count). The number of carbonyl (C=O) groups excluding carboxylic acids is 1. The number of carbonyl (C=O) groups is 1. The van der Waals surface area contributed by atoms with Crippen LogP contribution in [0.2, 0.25) is 0 Å². The molecule has 1 aliphatic heterocycles. The molecular weight excluding hydrogens is 368 g/mol. The van der Waals surface area contributed by atoms with Crippen molar-refractivity contribution in [3.8, 4) is 11.4 Å². The van der Waals surface area contributed by atoms with Gasteiger partial charge in [-0.1, -0.05) is 5.16 Å². The first-order chi connectivity index (χ1) is 13.6. The first-order valence-corrected chi connectivity index (χ1v) is 8.92. The minimum Gasteiger partial charge on any atom is -0.357 e. The fraction of sp³-hybridized carbons (Fsp3) is 0.250. The summed E-state index contributed by atoms with van der Waals surface area (Å²) in [4.78, 5) is 17.8. The van der Waals surface area contributed by atoms with Crippen molar-refractivity contribution in [3.05, 3.63) is 71.6 Å². The number of quaternary nitrogens is 1. The maximum atomic E-state index is 13.1. The van der Waals surface area contributed by atoms with E-state index in [4.69, 9.17) is 9.26 Å². The van der Waals surface area contributed by atoms with Crippen LogP contribution in [0.3, 0.4) is 0 Å². The lowest BCUT2D eigenvalue weighted by Crippen LogP contribution is -3.15. The normalized spacial score (nSPS) is 19.5. The van der Waals surface area contributed by atoms with Gasteiger partial charge in [-0.25, -0.2) is 8.78 Å². The van der Waals surface area contributed by atoms with E-state index >= 15 is 0 Å². The highest BCUT2D eigenvalue weighted by molar-refractivity contribution is 5.96. The van der Waals surface area contributed by atoms with Gasteiger partial charge in [0.1, 0.15) is 31.3 Å². The van der Waals surface area contributed by atoms with Crippen molar-refractivity contribution in [2.24, 2.45) is 0 Å². The van der Waals surface area contributed by atoms with Gasteiger partial charge in [-0.2, -0.15) is 4.98 Å². The summed E-state index contributed by atoms with van der Waals surface area (Å²) in [6, 6.07) is 11.3. The molecule has 2 atom stereocenters. The van der Waals surface area contributed by atoms with Crippen LogP contribution in [0.5, 0.6) is 0 Å². The summed E-state index contributed by atoms with van der Waals surface area (Å²) in [5.41, 5.74) is 1.12. The van der Waals surface area contributed by atoms with Gasteiger partial charge in [0.15, 0.2) is 6.10 Å². The zero-order valence-electron chi connectivity index (χ0n) is 14.9. The van der Waals surface area contributed by atoms with Crippen LogP contribution in [-0.2, 0) is 4.74 Å². The second-order valence-electron chi connectivity index (χ2n) is 6.63. The molecule has 0 amide bonds. The molecule has 2 unspecified atom stereocenters. The molecule has 144 valence electrons. The highest BCUT2D eigenvalue weighted by atomic mass is 19.1. The van der Waals surface area contributed by atoms with Gasteiger partial charge in [0.25, 0.3) is 5.89 Å². The first kappa shape index (κ1) is 18.4. The molecule has 2 aromatic carbocycles. The summed E-state index contributed by atoms with van der Waals surface area (Å²) in [6.45, 7) is 1.88.